The van der Waals surface area contributed by atoms with Gasteiger partial charge in [0.25, 0.3) is 5.91 Å². The molecular weight excluding hydrogens is 344 g/mol. The lowest BCUT2D eigenvalue weighted by atomic mass is 9.99. The molecule has 3 N–H and O–H groups in total. The van der Waals surface area contributed by atoms with Gasteiger partial charge in [-0.25, -0.2) is 4.79 Å². The summed E-state index contributed by atoms with van der Waals surface area (Å²) in [6, 6.07) is 5.21. The monoisotopic (exact) mass is 372 g/mol. The van der Waals surface area contributed by atoms with Crippen molar-refractivity contribution in [2.45, 2.75) is 45.6 Å². The highest BCUT2D eigenvalue weighted by Crippen LogP contribution is 2.21. The maximum atomic E-state index is 12.7. The molecule has 7 heteroatoms. The van der Waals surface area contributed by atoms with Crippen LogP contribution in [0.3, 0.4) is 0 Å². The zero-order valence-corrected chi connectivity index (χ0v) is 16.0. The lowest BCUT2D eigenvalue weighted by Gasteiger charge is -2.31. The number of rotatable bonds is 5. The lowest BCUT2D eigenvalue weighted by Crippen LogP contribution is -2.42. The van der Waals surface area contributed by atoms with Crippen LogP contribution < -0.4 is 16.0 Å². The number of anilines is 1. The van der Waals surface area contributed by atoms with Crippen molar-refractivity contribution in [3.8, 4) is 0 Å². The van der Waals surface area contributed by atoms with Gasteiger partial charge in [0.1, 0.15) is 0 Å². The molecule has 7 nitrogen and oxygen atoms in total. The van der Waals surface area contributed by atoms with E-state index in [1.165, 1.54) is 6.42 Å². The minimum Gasteiger partial charge on any atom is -0.376 e. The summed E-state index contributed by atoms with van der Waals surface area (Å²) >= 11 is 0. The Morgan fingerprint density at radius 2 is 1.96 bits per heavy atom. The first-order chi connectivity index (χ1) is 12.9. The van der Waals surface area contributed by atoms with Crippen LogP contribution in [-0.4, -0.2) is 48.4 Å². The van der Waals surface area contributed by atoms with Gasteiger partial charge in [0.2, 0.25) is 5.91 Å². The third kappa shape index (κ3) is 5.45. The van der Waals surface area contributed by atoms with Gasteiger partial charge in [-0.1, -0.05) is 6.92 Å². The molecule has 1 saturated heterocycles. The van der Waals surface area contributed by atoms with Crippen LogP contribution in [0.15, 0.2) is 18.2 Å². The molecule has 0 bridgehead atoms. The van der Waals surface area contributed by atoms with Gasteiger partial charge in [0.15, 0.2) is 0 Å². The van der Waals surface area contributed by atoms with Gasteiger partial charge >= 0.3 is 6.03 Å². The summed E-state index contributed by atoms with van der Waals surface area (Å²) in [5.74, 6) is 0.209. The summed E-state index contributed by atoms with van der Waals surface area (Å²) in [6.07, 6.45) is 4.17. The van der Waals surface area contributed by atoms with E-state index in [-0.39, 0.29) is 18.5 Å². The average molecular weight is 372 g/mol. The molecule has 0 radical (unpaired) electrons. The van der Waals surface area contributed by atoms with Crippen LogP contribution >= 0.6 is 0 Å². The Kier molecular flexibility index (Phi) is 5.98. The van der Waals surface area contributed by atoms with Crippen molar-refractivity contribution in [1.82, 2.24) is 15.5 Å². The number of carbonyl (C=O) groups excluding carboxylic acids is 3. The van der Waals surface area contributed by atoms with Gasteiger partial charge in [-0.2, -0.15) is 0 Å². The van der Waals surface area contributed by atoms with Crippen LogP contribution in [-0.2, 0) is 4.79 Å². The number of hydrogen-bond donors (Lipinski definition) is 3. The van der Waals surface area contributed by atoms with Crippen LogP contribution in [0.1, 0.15) is 48.5 Å². The van der Waals surface area contributed by atoms with Crippen LogP contribution in [0.25, 0.3) is 0 Å². The Hall–Kier alpha value is -2.57. The number of urea groups is 1. The van der Waals surface area contributed by atoms with Gasteiger partial charge in [-0.3, -0.25) is 14.9 Å². The molecule has 2 aliphatic rings. The third-order valence-corrected chi connectivity index (χ3v) is 5.02. The quantitative estimate of drug-likeness (QED) is 0.739. The smallest absolute Gasteiger partial charge is 0.321 e. The second kappa shape index (κ2) is 8.41. The van der Waals surface area contributed by atoms with Crippen LogP contribution in [0.5, 0.6) is 0 Å². The third-order valence-electron chi connectivity index (χ3n) is 5.02. The Balaban J connectivity index is 1.52. The standard InChI is InChI=1S/C20H28N4O3/c1-13-4-3-9-24(12-13)19(26)15-5-8-17(14(2)10-15)21-11-18(25)23-20(27)22-16-6-7-16/h5,8,10,13,16,21H,3-4,6-7,9,11-12H2,1-2H3,(H2,22,23,25,27). The zero-order chi connectivity index (χ0) is 19.4. The first kappa shape index (κ1) is 19.2. The molecule has 2 fully saturated rings. The average Bonchev–Trinajstić information content (AvgIpc) is 3.43. The predicted molar refractivity (Wildman–Crippen MR) is 104 cm³/mol. The summed E-state index contributed by atoms with van der Waals surface area (Å²) < 4.78 is 0. The number of nitrogens with zero attached hydrogens (tertiary/aromatic N) is 1. The molecule has 1 saturated carbocycles. The SMILES string of the molecule is Cc1cc(C(=O)N2CCCC(C)C2)ccc1NCC(=O)NC(=O)NC1CC1. The summed E-state index contributed by atoms with van der Waals surface area (Å²) in [7, 11) is 0. The van der Waals surface area contributed by atoms with E-state index < -0.39 is 11.9 Å². The Morgan fingerprint density at radius 3 is 2.63 bits per heavy atom. The van der Waals surface area contributed by atoms with E-state index in [2.05, 4.69) is 22.9 Å². The molecule has 3 rings (SSSR count). The van der Waals surface area contributed by atoms with Crippen molar-refractivity contribution in [3.63, 3.8) is 0 Å². The molecule has 146 valence electrons. The first-order valence-corrected chi connectivity index (χ1v) is 9.66. The molecule has 27 heavy (non-hydrogen) atoms. The van der Waals surface area contributed by atoms with Gasteiger partial charge in [-0.15, -0.1) is 0 Å². The molecule has 1 unspecified atom stereocenters. The second-order valence-electron chi connectivity index (χ2n) is 7.68. The largest absolute Gasteiger partial charge is 0.376 e. The highest BCUT2D eigenvalue weighted by atomic mass is 16.2. The molecule has 1 heterocycles. The normalized spacial score (nSPS) is 19.3. The van der Waals surface area contributed by atoms with Gasteiger partial charge in [0.05, 0.1) is 6.54 Å². The van der Waals surface area contributed by atoms with E-state index in [0.717, 1.165) is 43.6 Å². The zero-order valence-electron chi connectivity index (χ0n) is 16.0. The minimum atomic E-state index is -0.447. The number of amides is 4. The number of nitrogens with one attached hydrogen (secondary N) is 3. The van der Waals surface area contributed by atoms with E-state index in [1.54, 1.807) is 6.07 Å². The number of aryl methyl sites for hydroxylation is 1. The highest BCUT2D eigenvalue weighted by Gasteiger charge is 2.24. The van der Waals surface area contributed by atoms with Crippen molar-refractivity contribution in [2.75, 3.05) is 25.0 Å². The molecule has 0 aromatic heterocycles. The maximum absolute atomic E-state index is 12.7. The number of piperidine rings is 1. The van der Waals surface area contributed by atoms with Crippen molar-refractivity contribution >= 4 is 23.5 Å². The van der Waals surface area contributed by atoms with Gasteiger partial charge < -0.3 is 15.5 Å². The Bertz CT molecular complexity index is 730. The number of benzene rings is 1. The van der Waals surface area contributed by atoms with E-state index in [0.29, 0.717) is 11.5 Å². The molecule has 1 aliphatic heterocycles. The first-order valence-electron chi connectivity index (χ1n) is 9.66. The summed E-state index contributed by atoms with van der Waals surface area (Å²) in [6.45, 7) is 5.69. The van der Waals surface area contributed by atoms with E-state index in [1.807, 2.05) is 24.0 Å². The maximum Gasteiger partial charge on any atom is 0.321 e. The fraction of sp³-hybridized carbons (Fsp3) is 0.550. The topological polar surface area (TPSA) is 90.5 Å². The van der Waals surface area contributed by atoms with E-state index in [4.69, 9.17) is 0 Å². The van der Waals surface area contributed by atoms with Crippen LogP contribution in [0.2, 0.25) is 0 Å². The van der Waals surface area contributed by atoms with E-state index in [9.17, 15) is 14.4 Å². The molecule has 1 aromatic rings. The molecule has 1 atom stereocenters. The van der Waals surface area contributed by atoms with Crippen molar-refractivity contribution < 1.29 is 14.4 Å². The summed E-state index contributed by atoms with van der Waals surface area (Å²) in [5, 5.41) is 8.04. The molecular formula is C20H28N4O3. The highest BCUT2D eigenvalue weighted by molar-refractivity contribution is 5.97. The number of imide groups is 1. The Morgan fingerprint density at radius 1 is 1.19 bits per heavy atom. The van der Waals surface area contributed by atoms with Crippen molar-refractivity contribution in [2.24, 2.45) is 5.92 Å². The molecule has 4 amide bonds. The molecule has 1 aliphatic carbocycles. The predicted octanol–water partition coefficient (Wildman–Crippen LogP) is 2.27. The summed E-state index contributed by atoms with van der Waals surface area (Å²) in [4.78, 5) is 38.0. The number of carbonyl (C=O) groups is 3. The molecule has 0 spiro atoms. The fourth-order valence-corrected chi connectivity index (χ4v) is 3.35. The number of likely N-dealkylation sites (tertiary alicyclic amines) is 1. The lowest BCUT2D eigenvalue weighted by molar-refractivity contribution is -0.118. The Labute approximate surface area is 159 Å². The summed E-state index contributed by atoms with van der Waals surface area (Å²) in [5.41, 5.74) is 2.33. The number of hydrogen-bond acceptors (Lipinski definition) is 4. The van der Waals surface area contributed by atoms with Crippen molar-refractivity contribution in [3.05, 3.63) is 29.3 Å². The minimum absolute atomic E-state index is 0.00411. The van der Waals surface area contributed by atoms with Gasteiger partial charge in [0, 0.05) is 30.4 Å². The van der Waals surface area contributed by atoms with Gasteiger partial charge in [-0.05, 0) is 62.3 Å². The fourth-order valence-electron chi connectivity index (χ4n) is 3.35. The van der Waals surface area contributed by atoms with E-state index >= 15 is 0 Å². The second-order valence-corrected chi connectivity index (χ2v) is 7.68. The van der Waals surface area contributed by atoms with Crippen molar-refractivity contribution in [1.29, 1.82) is 0 Å². The van der Waals surface area contributed by atoms with Crippen LogP contribution in [0.4, 0.5) is 10.5 Å². The van der Waals surface area contributed by atoms with Crippen LogP contribution in [0, 0.1) is 12.8 Å². The molecule has 1 aromatic carbocycles.